The SMILES string of the molecule is CCOC(=O)CC(=O)c1ccc(Br)cc1F.CCOC(=O)c1cnn([C@@H]2COC[C@H]2O)c1-c1ccc(-c2c(C)cc(C)nc2OC)cc1F.CCOC(=O)c1cnn([C@@H]2COC[C@H]2O)c1-c1ccc(Br)cc1F.CCOC(=O)c1cnn([C@@H]2COC[C@H]2OC)c1-c1ccc(-c2c(C)cc(C)nc2OC)cc1F.COc1nc(C)cc(C)c1-c1ccc(-c2c(C(N)=O)cnn2[C@@H]2COC[C@H]2OC)c(F)c1. The van der Waals surface area contributed by atoms with E-state index in [2.05, 4.69) is 71.9 Å². The van der Waals surface area contributed by atoms with E-state index in [0.29, 0.717) is 97.8 Å². The van der Waals surface area contributed by atoms with Gasteiger partial charge in [0.2, 0.25) is 17.6 Å². The maximum atomic E-state index is 15.7. The van der Waals surface area contributed by atoms with Crippen molar-refractivity contribution in [2.75, 3.05) is 115 Å². The van der Waals surface area contributed by atoms with Gasteiger partial charge in [0.05, 0.1) is 159 Å². The number of carbonyl (C=O) groups is 6. The molecule has 0 spiro atoms. The summed E-state index contributed by atoms with van der Waals surface area (Å²) in [6.07, 6.45) is 2.83. The summed E-state index contributed by atoms with van der Waals surface area (Å²) in [7, 11) is 7.75. The van der Waals surface area contributed by atoms with Crippen LogP contribution in [0.5, 0.6) is 17.6 Å². The van der Waals surface area contributed by atoms with Crippen molar-refractivity contribution in [2.24, 2.45) is 5.73 Å². The number of hydrogen-bond acceptors (Lipinski definition) is 28. The summed E-state index contributed by atoms with van der Waals surface area (Å²) in [4.78, 5) is 85.4. The van der Waals surface area contributed by atoms with Gasteiger partial charge in [-0.25, -0.2) is 51.3 Å². The lowest BCUT2D eigenvalue weighted by atomic mass is 9.97. The summed E-state index contributed by atoms with van der Waals surface area (Å²) in [6.45, 7) is 21.0. The minimum absolute atomic E-state index is 0.101. The van der Waals surface area contributed by atoms with E-state index in [1.54, 1.807) is 106 Å². The Balaban J connectivity index is 0.000000159. The van der Waals surface area contributed by atoms with Crippen molar-refractivity contribution in [1.29, 1.82) is 0 Å². The summed E-state index contributed by atoms with van der Waals surface area (Å²) >= 11 is 6.29. The first kappa shape index (κ1) is 105. The van der Waals surface area contributed by atoms with E-state index in [1.165, 1.54) is 91.9 Å². The Morgan fingerprint density at radius 1 is 0.388 bits per heavy atom. The number of carbonyl (C=O) groups excluding carboxylic acids is 6. The number of aromatic nitrogens is 11. The molecular formula is C99H105Br2F5N12O21. The van der Waals surface area contributed by atoms with Crippen LogP contribution in [0.3, 0.4) is 0 Å². The highest BCUT2D eigenvalue weighted by Gasteiger charge is 2.40. The highest BCUT2D eigenvalue weighted by Crippen LogP contribution is 2.44. The first-order valence-corrected chi connectivity index (χ1v) is 45.7. The number of amides is 1. The average Bonchev–Trinajstić information content (AvgIpc) is 1.42. The maximum absolute atomic E-state index is 15.7. The van der Waals surface area contributed by atoms with Gasteiger partial charge in [-0.3, -0.25) is 33.1 Å². The van der Waals surface area contributed by atoms with Gasteiger partial charge in [-0.2, -0.15) is 20.4 Å². The molecule has 1 amide bonds. The van der Waals surface area contributed by atoms with Crippen LogP contribution in [0.15, 0.2) is 143 Å². The van der Waals surface area contributed by atoms with Crippen LogP contribution in [-0.4, -0.2) is 239 Å². The summed E-state index contributed by atoms with van der Waals surface area (Å²) in [5.74, 6) is -5.20. The van der Waals surface area contributed by atoms with Gasteiger partial charge in [0.25, 0.3) is 5.91 Å². The Morgan fingerprint density at radius 3 is 0.993 bits per heavy atom. The number of aliphatic hydroxyl groups excluding tert-OH is 2. The number of halogens is 7. The Labute approximate surface area is 813 Å². The third-order valence-electron chi connectivity index (χ3n) is 22.9. The number of benzene rings is 5. The molecular weight excluding hydrogens is 1950 g/mol. The molecule has 4 aliphatic rings. The molecule has 5 aromatic carbocycles. The van der Waals surface area contributed by atoms with Crippen LogP contribution in [0.1, 0.15) is 144 Å². The van der Waals surface area contributed by atoms with Gasteiger partial charge >= 0.3 is 23.9 Å². The number of pyridine rings is 3. The number of aryl methyl sites for hydroxylation is 6. The predicted octanol–water partition coefficient (Wildman–Crippen LogP) is 16.0. The van der Waals surface area contributed by atoms with Crippen LogP contribution >= 0.6 is 31.9 Å². The predicted molar refractivity (Wildman–Crippen MR) is 505 cm³/mol. The summed E-state index contributed by atoms with van der Waals surface area (Å²) in [5.41, 5.74) is 17.0. The number of methoxy groups -OCH3 is 5. The van der Waals surface area contributed by atoms with E-state index in [-0.39, 0.29) is 139 Å². The van der Waals surface area contributed by atoms with E-state index in [1.807, 2.05) is 59.7 Å². The number of ether oxygens (including phenoxy) is 13. The van der Waals surface area contributed by atoms with Crippen molar-refractivity contribution in [3.8, 4) is 96.1 Å². The Bertz CT molecular complexity index is 6490. The second-order valence-electron chi connectivity index (χ2n) is 32.2. The van der Waals surface area contributed by atoms with Crippen molar-refractivity contribution in [2.45, 2.75) is 124 Å². The number of Topliss-reactive ketones (excluding diaryl/α,β-unsaturated/α-hetero) is 1. The monoisotopic (exact) mass is 2050 g/mol. The lowest BCUT2D eigenvalue weighted by Crippen LogP contribution is -2.26. The number of nitrogens with zero attached hydrogens (tertiary/aromatic N) is 11. The van der Waals surface area contributed by atoms with Crippen LogP contribution in [0.25, 0.3) is 78.4 Å². The topological polar surface area (TPSA) is 399 Å². The Hall–Kier alpha value is -12.9. The standard InChI is InChI=1S/C25H28FN3O5.C24H26FN3O5.C23H25FN4O4.C16H16BrFN2O4.C11H10BrFO3/c1-6-34-25(30)18-11-27-29(20-12-33-13-21(20)31-4)23(18)17-8-7-16(10-19(17)26)22-14(2)9-15(3)28-24(22)32-5;1-5-33-24(30)17-10-26-28(19-11-32-12-20(19)29)22(17)16-7-6-15(9-18(16)25)21-13(2)8-14(3)27-23(21)31-4;1-12-7-13(2)27-23(31-4)20(12)14-5-6-15(17(24)8-14)21-16(22(25)29)9-26-28(21)18-10-32-11-19(18)30-3;1-2-24-16(22)11-6-19-20(13-7-23-8-14(13)21)15(11)10-4-3-9(17)5-12(10)18;1-2-16-11(15)6-10(14)8-4-3-7(12)5-9(8)13/h7-11,20-21H,6,12-13H2,1-5H3;6-10,19-20,29H,5,11-12H2,1-4H3;5-9,18-19H,10-11H2,1-4H3,(H2,25,29);3-6,13-14,21H,2,7-8H2,1H3;3-5H,2,6H2,1H3/t20-,21-;19-,20-;18-,19-;13-,14-;/m1111./s1. The summed E-state index contributed by atoms with van der Waals surface area (Å²) < 4.78 is 151. The first-order chi connectivity index (χ1) is 66.7. The molecule has 40 heteroatoms. The fourth-order valence-electron chi connectivity index (χ4n) is 16.6. The summed E-state index contributed by atoms with van der Waals surface area (Å²) in [6, 6.07) is 27.0. The smallest absolute Gasteiger partial charge is 0.341 e. The van der Waals surface area contributed by atoms with Crippen molar-refractivity contribution in [1.82, 2.24) is 54.1 Å². The molecule has 0 unspecified atom stereocenters. The number of primary amides is 1. The molecule has 12 aromatic rings. The van der Waals surface area contributed by atoms with Gasteiger partial charge in [0, 0.05) is 79.2 Å². The molecule has 0 aliphatic carbocycles. The molecule has 16 rings (SSSR count). The molecule has 0 saturated carbocycles. The van der Waals surface area contributed by atoms with Gasteiger partial charge in [0.1, 0.15) is 101 Å². The van der Waals surface area contributed by atoms with Crippen LogP contribution in [0.2, 0.25) is 0 Å². The molecule has 4 fully saturated rings. The first-order valence-electron chi connectivity index (χ1n) is 44.1. The highest BCUT2D eigenvalue weighted by atomic mass is 79.9. The molecule has 11 heterocycles. The van der Waals surface area contributed by atoms with Gasteiger partial charge in [-0.1, -0.05) is 50.1 Å². The zero-order valence-electron chi connectivity index (χ0n) is 78.8. The molecule has 0 radical (unpaired) electrons. The molecule has 8 atom stereocenters. The molecule has 4 saturated heterocycles. The fraction of sp³-hybridized carbons (Fsp3) is 0.364. The lowest BCUT2D eigenvalue weighted by molar-refractivity contribution is -0.142. The van der Waals surface area contributed by atoms with Crippen LogP contribution in [-0.2, 0) is 52.2 Å². The number of nitrogens with two attached hydrogens (primary N) is 1. The highest BCUT2D eigenvalue weighted by molar-refractivity contribution is 9.10. The van der Waals surface area contributed by atoms with Crippen LogP contribution in [0, 0.1) is 70.6 Å². The Morgan fingerprint density at radius 2 is 0.691 bits per heavy atom. The van der Waals surface area contributed by atoms with E-state index < -0.39 is 95.4 Å². The van der Waals surface area contributed by atoms with Crippen molar-refractivity contribution < 1.29 is 123 Å². The molecule has 33 nitrogen and oxygen atoms in total. The molecule has 736 valence electrons. The van der Waals surface area contributed by atoms with Gasteiger partial charge in [-0.15, -0.1) is 0 Å². The van der Waals surface area contributed by atoms with Crippen molar-refractivity contribution >= 4 is 67.4 Å². The number of esters is 4. The molecule has 4 N–H and O–H groups in total. The van der Waals surface area contributed by atoms with Gasteiger partial charge in [-0.05, 0) is 194 Å². The van der Waals surface area contributed by atoms with E-state index in [0.717, 1.165) is 33.8 Å². The Kier molecular flexibility index (Phi) is 36.0. The third kappa shape index (κ3) is 23.8. The molecule has 0 bridgehead atoms. The zero-order valence-corrected chi connectivity index (χ0v) is 82.0. The normalized spacial score (nSPS) is 17.4. The van der Waals surface area contributed by atoms with Crippen molar-refractivity contribution in [3.63, 3.8) is 0 Å². The summed E-state index contributed by atoms with van der Waals surface area (Å²) in [5, 5.41) is 37.6. The largest absolute Gasteiger partial charge is 0.481 e. The van der Waals surface area contributed by atoms with E-state index in [4.69, 9.17) is 62.6 Å². The van der Waals surface area contributed by atoms with E-state index >= 15 is 13.2 Å². The second-order valence-corrected chi connectivity index (χ2v) is 34.0. The number of rotatable bonds is 27. The van der Waals surface area contributed by atoms with Crippen LogP contribution < -0.4 is 19.9 Å². The molecule has 139 heavy (non-hydrogen) atoms. The number of hydrogen-bond donors (Lipinski definition) is 3. The van der Waals surface area contributed by atoms with E-state index in [9.17, 15) is 47.8 Å². The quantitative estimate of drug-likeness (QED) is 0.0141. The number of aliphatic hydroxyl groups is 2. The minimum atomic E-state index is -0.827. The van der Waals surface area contributed by atoms with Gasteiger partial charge in [0.15, 0.2) is 5.78 Å². The average molecular weight is 2050 g/mol. The molecule has 7 aromatic heterocycles. The minimum Gasteiger partial charge on any atom is -0.481 e. The van der Waals surface area contributed by atoms with Crippen molar-refractivity contribution in [3.05, 3.63) is 234 Å². The third-order valence-corrected chi connectivity index (χ3v) is 23.9. The van der Waals surface area contributed by atoms with Crippen LogP contribution in [0.4, 0.5) is 22.0 Å². The zero-order chi connectivity index (χ0) is 100. The molecule has 4 aliphatic heterocycles. The fourth-order valence-corrected chi connectivity index (χ4v) is 17.3. The number of ketones is 1. The second kappa shape index (κ2) is 47.6. The lowest BCUT2D eigenvalue weighted by Gasteiger charge is -2.20. The maximum Gasteiger partial charge on any atom is 0.341 e. The van der Waals surface area contributed by atoms with Gasteiger partial charge < -0.3 is 77.5 Å².